The molecule has 0 saturated carbocycles. The highest BCUT2D eigenvalue weighted by atomic mass is 16.3. The predicted octanol–water partition coefficient (Wildman–Crippen LogP) is 4.72. The number of benzene rings is 3. The van der Waals surface area contributed by atoms with Gasteiger partial charge in [-0.3, -0.25) is 0 Å². The van der Waals surface area contributed by atoms with Gasteiger partial charge in [0, 0.05) is 11.3 Å². The number of hydrogen-bond donors (Lipinski definition) is 2. The maximum atomic E-state index is 11.5. The molecule has 2 nitrogen and oxygen atoms in total. The molecule has 0 aliphatic rings. The van der Waals surface area contributed by atoms with E-state index in [2.05, 4.69) is 24.3 Å². The first-order valence-corrected chi connectivity index (χ1v) is 8.83. The zero-order valence-electron chi connectivity index (χ0n) is 14.4. The van der Waals surface area contributed by atoms with E-state index in [4.69, 9.17) is 5.73 Å². The standard InChI is InChI=1S/C23H25NO/c24-22-14-8-7-13-21(22)23(25,17-15-19-9-3-1-4-10-19)18-16-20-11-5-2-6-12-20/h1-14,25H,15-18,24H2. The highest BCUT2D eigenvalue weighted by Crippen LogP contribution is 2.35. The molecule has 128 valence electrons. The van der Waals surface area contributed by atoms with Gasteiger partial charge in [-0.15, -0.1) is 0 Å². The number of aryl methyl sites for hydroxylation is 2. The van der Waals surface area contributed by atoms with Gasteiger partial charge < -0.3 is 10.8 Å². The molecule has 3 aromatic carbocycles. The smallest absolute Gasteiger partial charge is 0.0922 e. The Hall–Kier alpha value is -2.58. The Bertz CT molecular complexity index is 740. The summed E-state index contributed by atoms with van der Waals surface area (Å²) in [6.07, 6.45) is 2.94. The van der Waals surface area contributed by atoms with Gasteiger partial charge in [-0.05, 0) is 42.9 Å². The molecule has 3 rings (SSSR count). The summed E-state index contributed by atoms with van der Waals surface area (Å²) >= 11 is 0. The minimum Gasteiger partial charge on any atom is -0.398 e. The Labute approximate surface area is 150 Å². The molecule has 0 fully saturated rings. The van der Waals surface area contributed by atoms with Crippen LogP contribution in [0.25, 0.3) is 0 Å². The molecule has 2 heteroatoms. The average molecular weight is 331 g/mol. The Morgan fingerprint density at radius 1 is 0.640 bits per heavy atom. The van der Waals surface area contributed by atoms with Crippen LogP contribution in [0.15, 0.2) is 84.9 Å². The van der Waals surface area contributed by atoms with Crippen LogP contribution in [0, 0.1) is 0 Å². The molecule has 0 aliphatic carbocycles. The number of nitrogen functional groups attached to an aromatic ring is 1. The minimum atomic E-state index is -0.934. The minimum absolute atomic E-state index is 0.651. The lowest BCUT2D eigenvalue weighted by atomic mass is 9.82. The molecular formula is C23H25NO. The Kier molecular flexibility index (Phi) is 5.52. The maximum absolute atomic E-state index is 11.5. The Balaban J connectivity index is 1.81. The molecule has 0 amide bonds. The molecule has 0 unspecified atom stereocenters. The van der Waals surface area contributed by atoms with Gasteiger partial charge in [0.2, 0.25) is 0 Å². The van der Waals surface area contributed by atoms with Gasteiger partial charge in [-0.25, -0.2) is 0 Å². The fourth-order valence-electron chi connectivity index (χ4n) is 3.31. The second kappa shape index (κ2) is 8.00. The van der Waals surface area contributed by atoms with Crippen LogP contribution >= 0.6 is 0 Å². The van der Waals surface area contributed by atoms with Crippen LogP contribution in [0.3, 0.4) is 0 Å². The van der Waals surface area contributed by atoms with E-state index in [1.54, 1.807) is 0 Å². The quantitative estimate of drug-likeness (QED) is 0.615. The van der Waals surface area contributed by atoms with Crippen molar-refractivity contribution in [1.29, 1.82) is 0 Å². The molecule has 0 saturated heterocycles. The third-order valence-electron chi connectivity index (χ3n) is 4.80. The van der Waals surface area contributed by atoms with Crippen LogP contribution in [0.2, 0.25) is 0 Å². The van der Waals surface area contributed by atoms with Crippen molar-refractivity contribution >= 4 is 5.69 Å². The molecule has 25 heavy (non-hydrogen) atoms. The summed E-state index contributed by atoms with van der Waals surface area (Å²) in [5.41, 5.74) is 9.21. The van der Waals surface area contributed by atoms with Crippen molar-refractivity contribution in [2.45, 2.75) is 31.3 Å². The second-order valence-corrected chi connectivity index (χ2v) is 6.59. The van der Waals surface area contributed by atoms with Gasteiger partial charge in [0.25, 0.3) is 0 Å². The molecule has 0 heterocycles. The number of hydrogen-bond acceptors (Lipinski definition) is 2. The highest BCUT2D eigenvalue weighted by molar-refractivity contribution is 5.49. The monoisotopic (exact) mass is 331 g/mol. The summed E-state index contributed by atoms with van der Waals surface area (Å²) in [6, 6.07) is 28.3. The molecule has 3 aromatic rings. The first-order valence-electron chi connectivity index (χ1n) is 8.83. The van der Waals surface area contributed by atoms with Crippen molar-refractivity contribution in [2.75, 3.05) is 5.73 Å². The molecule has 3 N–H and O–H groups in total. The van der Waals surface area contributed by atoms with E-state index in [-0.39, 0.29) is 0 Å². The van der Waals surface area contributed by atoms with Crippen LogP contribution in [0.1, 0.15) is 29.5 Å². The topological polar surface area (TPSA) is 46.2 Å². The third-order valence-corrected chi connectivity index (χ3v) is 4.80. The summed E-state index contributed by atoms with van der Waals surface area (Å²) in [4.78, 5) is 0. The first kappa shape index (κ1) is 17.2. The summed E-state index contributed by atoms with van der Waals surface area (Å²) in [5, 5.41) is 11.5. The van der Waals surface area contributed by atoms with Gasteiger partial charge >= 0.3 is 0 Å². The van der Waals surface area contributed by atoms with Gasteiger partial charge in [-0.2, -0.15) is 0 Å². The Morgan fingerprint density at radius 2 is 1.08 bits per heavy atom. The number of anilines is 1. The summed E-state index contributed by atoms with van der Waals surface area (Å²) in [5.74, 6) is 0. The van der Waals surface area contributed by atoms with Gasteiger partial charge in [0.1, 0.15) is 0 Å². The van der Waals surface area contributed by atoms with Crippen LogP contribution in [-0.4, -0.2) is 5.11 Å². The molecule has 0 atom stereocenters. The molecule has 0 spiro atoms. The SMILES string of the molecule is Nc1ccccc1C(O)(CCc1ccccc1)CCc1ccccc1. The molecular weight excluding hydrogens is 306 g/mol. The van der Waals surface area contributed by atoms with Crippen LogP contribution in [0.4, 0.5) is 5.69 Å². The lowest BCUT2D eigenvalue weighted by Gasteiger charge is -2.30. The summed E-state index contributed by atoms with van der Waals surface area (Å²) < 4.78 is 0. The van der Waals surface area contributed by atoms with Crippen LogP contribution in [0.5, 0.6) is 0 Å². The first-order chi connectivity index (χ1) is 12.2. The number of aliphatic hydroxyl groups is 1. The number of nitrogens with two attached hydrogens (primary N) is 1. The number of rotatable bonds is 7. The average Bonchev–Trinajstić information content (AvgIpc) is 2.67. The molecule has 0 bridgehead atoms. The van der Waals surface area contributed by atoms with Crippen molar-refractivity contribution in [1.82, 2.24) is 0 Å². The van der Waals surface area contributed by atoms with E-state index in [1.165, 1.54) is 11.1 Å². The lowest BCUT2D eigenvalue weighted by Crippen LogP contribution is -2.28. The van der Waals surface area contributed by atoms with E-state index in [0.29, 0.717) is 18.5 Å². The van der Waals surface area contributed by atoms with E-state index >= 15 is 0 Å². The lowest BCUT2D eigenvalue weighted by molar-refractivity contribution is 0.0197. The van der Waals surface area contributed by atoms with Gasteiger partial charge in [0.05, 0.1) is 5.60 Å². The summed E-state index contributed by atoms with van der Waals surface area (Å²) in [6.45, 7) is 0. The second-order valence-electron chi connectivity index (χ2n) is 6.59. The van der Waals surface area contributed by atoms with E-state index in [9.17, 15) is 5.11 Å². The van der Waals surface area contributed by atoms with Crippen molar-refractivity contribution in [3.8, 4) is 0 Å². The van der Waals surface area contributed by atoms with E-state index < -0.39 is 5.60 Å². The molecule has 0 aliphatic heterocycles. The van der Waals surface area contributed by atoms with Crippen LogP contribution in [-0.2, 0) is 18.4 Å². The normalized spacial score (nSPS) is 11.4. The van der Waals surface area contributed by atoms with Crippen molar-refractivity contribution in [2.24, 2.45) is 0 Å². The third kappa shape index (κ3) is 4.49. The molecule has 0 aromatic heterocycles. The number of para-hydroxylation sites is 1. The zero-order chi connectivity index (χ0) is 17.5. The van der Waals surface area contributed by atoms with Crippen molar-refractivity contribution in [3.05, 3.63) is 102 Å². The van der Waals surface area contributed by atoms with Crippen LogP contribution < -0.4 is 5.73 Å². The van der Waals surface area contributed by atoms with Crippen molar-refractivity contribution in [3.63, 3.8) is 0 Å². The zero-order valence-corrected chi connectivity index (χ0v) is 14.4. The fraction of sp³-hybridized carbons (Fsp3) is 0.217. The van der Waals surface area contributed by atoms with Gasteiger partial charge in [-0.1, -0.05) is 78.9 Å². The fourth-order valence-corrected chi connectivity index (χ4v) is 3.31. The highest BCUT2D eigenvalue weighted by Gasteiger charge is 2.30. The van der Waals surface area contributed by atoms with E-state index in [1.807, 2.05) is 60.7 Å². The van der Waals surface area contributed by atoms with E-state index in [0.717, 1.165) is 18.4 Å². The largest absolute Gasteiger partial charge is 0.398 e. The summed E-state index contributed by atoms with van der Waals surface area (Å²) in [7, 11) is 0. The molecule has 0 radical (unpaired) electrons. The maximum Gasteiger partial charge on any atom is 0.0922 e. The predicted molar refractivity (Wildman–Crippen MR) is 104 cm³/mol. The Morgan fingerprint density at radius 3 is 1.56 bits per heavy atom. The van der Waals surface area contributed by atoms with Crippen molar-refractivity contribution < 1.29 is 5.11 Å². The van der Waals surface area contributed by atoms with Gasteiger partial charge in [0.15, 0.2) is 0 Å².